The van der Waals surface area contributed by atoms with Gasteiger partial charge in [0.25, 0.3) is 17.2 Å². The second-order valence-corrected chi connectivity index (χ2v) is 9.46. The maximum Gasteiger partial charge on any atom is 0.314 e. The fourth-order valence-electron chi connectivity index (χ4n) is 3.37. The van der Waals surface area contributed by atoms with Gasteiger partial charge < -0.3 is 16.0 Å². The average molecular weight is 549 g/mol. The molecule has 0 aliphatic carbocycles. The fourth-order valence-corrected chi connectivity index (χ4v) is 4.33. The van der Waals surface area contributed by atoms with Gasteiger partial charge in [-0.1, -0.05) is 59.6 Å². The first-order chi connectivity index (χ1) is 17.3. The number of amides is 3. The fraction of sp³-hybridized carbons (Fsp3) is 0.200. The van der Waals surface area contributed by atoms with E-state index in [2.05, 4.69) is 16.0 Å². The van der Waals surface area contributed by atoms with E-state index in [0.29, 0.717) is 40.8 Å². The van der Waals surface area contributed by atoms with Crippen LogP contribution in [0.25, 0.3) is 0 Å². The van der Waals surface area contributed by atoms with Crippen LogP contribution in [0.5, 0.6) is 0 Å². The number of hydrogen-bond donors (Lipinski definition) is 4. The molecule has 1 atom stereocenters. The zero-order valence-corrected chi connectivity index (χ0v) is 21.8. The number of rotatable bonds is 10. The molecule has 0 aliphatic rings. The molecule has 190 valence electrons. The standard InChI is InChI=1S/C25H26Cl2N4O4S/c1-28-25(33)30-16-18-7-5-17(6-8-18)15-29-24(32)20-9-11-21(12-10-20)31(36(34)35)14-13-19-3-2-4-22(26)23(19)27/h2-12H,13-16H2,1H3,(H,29,32)(H,34,35)(H2,28,30,33). The Hall–Kier alpha value is -3.11. The number of benzene rings is 3. The van der Waals surface area contributed by atoms with Gasteiger partial charge in [-0.05, 0) is 53.4 Å². The Bertz CT molecular complexity index is 1220. The Labute approximate surface area is 222 Å². The maximum atomic E-state index is 12.6. The predicted molar refractivity (Wildman–Crippen MR) is 144 cm³/mol. The molecule has 0 bridgehead atoms. The molecule has 4 N–H and O–H groups in total. The third-order valence-corrected chi connectivity index (χ3v) is 7.01. The summed E-state index contributed by atoms with van der Waals surface area (Å²) in [5, 5.41) is 8.90. The minimum absolute atomic E-state index is 0.226. The van der Waals surface area contributed by atoms with Crippen molar-refractivity contribution in [2.24, 2.45) is 0 Å². The van der Waals surface area contributed by atoms with Crippen LogP contribution < -0.4 is 20.3 Å². The van der Waals surface area contributed by atoms with E-state index in [1.165, 1.54) is 4.31 Å². The Morgan fingerprint density at radius 1 is 0.917 bits per heavy atom. The monoisotopic (exact) mass is 548 g/mol. The van der Waals surface area contributed by atoms with Crippen molar-refractivity contribution in [2.75, 3.05) is 17.9 Å². The van der Waals surface area contributed by atoms with Crippen LogP contribution in [0.1, 0.15) is 27.0 Å². The first-order valence-corrected chi connectivity index (χ1v) is 12.8. The molecule has 0 fully saturated rings. The Kier molecular flexibility index (Phi) is 10.1. The van der Waals surface area contributed by atoms with Crippen molar-refractivity contribution in [3.63, 3.8) is 0 Å². The molecule has 3 aromatic carbocycles. The summed E-state index contributed by atoms with van der Waals surface area (Å²) in [5.41, 5.74) is 3.53. The second-order valence-electron chi connectivity index (χ2n) is 7.77. The summed E-state index contributed by atoms with van der Waals surface area (Å²) in [4.78, 5) is 23.8. The van der Waals surface area contributed by atoms with Gasteiger partial charge in [0.1, 0.15) is 0 Å². The van der Waals surface area contributed by atoms with Gasteiger partial charge in [0.15, 0.2) is 0 Å². The molecule has 11 heteroatoms. The molecule has 0 saturated heterocycles. The predicted octanol–water partition coefficient (Wildman–Crippen LogP) is 4.54. The summed E-state index contributed by atoms with van der Waals surface area (Å²) < 4.78 is 23.0. The molecule has 0 heterocycles. The molecule has 0 aromatic heterocycles. The van der Waals surface area contributed by atoms with Gasteiger partial charge in [0.2, 0.25) is 0 Å². The zero-order chi connectivity index (χ0) is 26.1. The van der Waals surface area contributed by atoms with Crippen molar-refractivity contribution in [2.45, 2.75) is 19.5 Å². The lowest BCUT2D eigenvalue weighted by atomic mass is 10.1. The molecule has 1 unspecified atom stereocenters. The summed E-state index contributed by atoms with van der Waals surface area (Å²) in [6, 6.07) is 19.0. The van der Waals surface area contributed by atoms with Crippen molar-refractivity contribution in [1.82, 2.24) is 16.0 Å². The van der Waals surface area contributed by atoms with Crippen molar-refractivity contribution in [3.8, 4) is 0 Å². The highest BCUT2D eigenvalue weighted by molar-refractivity contribution is 7.80. The molecule has 0 saturated carbocycles. The number of anilines is 1. The molecule has 8 nitrogen and oxygen atoms in total. The summed E-state index contributed by atoms with van der Waals surface area (Å²) >= 11 is 10.0. The van der Waals surface area contributed by atoms with E-state index in [0.717, 1.165) is 16.7 Å². The van der Waals surface area contributed by atoms with Crippen molar-refractivity contribution >= 4 is 52.1 Å². The van der Waals surface area contributed by atoms with Gasteiger partial charge in [-0.2, -0.15) is 0 Å². The van der Waals surface area contributed by atoms with Crippen LogP contribution in [0.4, 0.5) is 10.5 Å². The molecule has 3 aromatic rings. The minimum atomic E-state index is -2.26. The first-order valence-electron chi connectivity index (χ1n) is 11.0. The normalized spacial score (nSPS) is 11.4. The van der Waals surface area contributed by atoms with Crippen molar-refractivity contribution in [3.05, 3.63) is 99.0 Å². The van der Waals surface area contributed by atoms with Gasteiger partial charge in [0.05, 0.1) is 15.7 Å². The first kappa shape index (κ1) is 27.5. The van der Waals surface area contributed by atoms with Crippen LogP contribution in [0, 0.1) is 0 Å². The summed E-state index contributed by atoms with van der Waals surface area (Å²) in [6.45, 7) is 0.959. The zero-order valence-electron chi connectivity index (χ0n) is 19.5. The van der Waals surface area contributed by atoms with E-state index in [1.54, 1.807) is 43.4 Å². The molecular formula is C25H26Cl2N4O4S. The van der Waals surface area contributed by atoms with E-state index in [9.17, 15) is 18.4 Å². The molecule has 3 rings (SSSR count). The number of carbonyl (C=O) groups is 2. The van der Waals surface area contributed by atoms with E-state index in [1.807, 2.05) is 30.3 Å². The third kappa shape index (κ3) is 7.69. The second kappa shape index (κ2) is 13.3. The Morgan fingerprint density at radius 2 is 1.53 bits per heavy atom. The highest BCUT2D eigenvalue weighted by Gasteiger charge is 2.15. The molecular weight excluding hydrogens is 523 g/mol. The SMILES string of the molecule is CNC(=O)NCc1ccc(CNC(=O)c2ccc(N(CCc3cccc(Cl)c3Cl)S(=O)O)cc2)cc1. The quantitative estimate of drug-likeness (QED) is 0.279. The summed E-state index contributed by atoms with van der Waals surface area (Å²) in [7, 11) is 1.55. The number of urea groups is 1. The largest absolute Gasteiger partial charge is 0.348 e. The number of halogens is 2. The highest BCUT2D eigenvalue weighted by atomic mass is 35.5. The van der Waals surface area contributed by atoms with Gasteiger partial charge >= 0.3 is 6.03 Å². The summed E-state index contributed by atoms with van der Waals surface area (Å²) in [6.07, 6.45) is 0.411. The lowest BCUT2D eigenvalue weighted by molar-refractivity contribution is 0.0951. The van der Waals surface area contributed by atoms with E-state index < -0.39 is 11.3 Å². The lowest BCUT2D eigenvalue weighted by Crippen LogP contribution is -2.32. The Morgan fingerprint density at radius 3 is 2.11 bits per heavy atom. The van der Waals surface area contributed by atoms with Gasteiger partial charge in [-0.25, -0.2) is 9.00 Å². The van der Waals surface area contributed by atoms with Crippen LogP contribution in [-0.4, -0.2) is 34.3 Å². The van der Waals surface area contributed by atoms with Crippen LogP contribution in [0.15, 0.2) is 66.7 Å². The molecule has 3 amide bonds. The van der Waals surface area contributed by atoms with Crippen LogP contribution in [-0.2, 0) is 30.8 Å². The minimum Gasteiger partial charge on any atom is -0.348 e. The number of nitrogens with one attached hydrogen (secondary N) is 3. The van der Waals surface area contributed by atoms with Crippen molar-refractivity contribution in [1.29, 1.82) is 0 Å². The topological polar surface area (TPSA) is 111 Å². The highest BCUT2D eigenvalue weighted by Crippen LogP contribution is 2.26. The van der Waals surface area contributed by atoms with Crippen LogP contribution in [0.2, 0.25) is 10.0 Å². The van der Waals surface area contributed by atoms with Gasteiger partial charge in [-0.15, -0.1) is 0 Å². The van der Waals surface area contributed by atoms with E-state index in [-0.39, 0.29) is 18.5 Å². The van der Waals surface area contributed by atoms with E-state index in [4.69, 9.17) is 23.2 Å². The van der Waals surface area contributed by atoms with E-state index >= 15 is 0 Å². The molecule has 36 heavy (non-hydrogen) atoms. The number of carbonyl (C=O) groups excluding carboxylic acids is 2. The smallest absolute Gasteiger partial charge is 0.314 e. The lowest BCUT2D eigenvalue weighted by Gasteiger charge is -2.20. The maximum absolute atomic E-state index is 12.6. The average Bonchev–Trinajstić information content (AvgIpc) is 2.89. The number of hydrogen-bond acceptors (Lipinski definition) is 3. The van der Waals surface area contributed by atoms with Crippen molar-refractivity contribution < 1.29 is 18.4 Å². The molecule has 0 spiro atoms. The van der Waals surface area contributed by atoms with Gasteiger partial charge in [0, 0.05) is 32.2 Å². The summed E-state index contributed by atoms with van der Waals surface area (Å²) in [5.74, 6) is -0.269. The van der Waals surface area contributed by atoms with Crippen LogP contribution >= 0.6 is 23.2 Å². The third-order valence-electron chi connectivity index (χ3n) is 5.38. The van der Waals surface area contributed by atoms with Crippen LogP contribution in [0.3, 0.4) is 0 Å². The number of nitrogens with zero attached hydrogens (tertiary/aromatic N) is 1. The molecule has 0 radical (unpaired) electrons. The molecule has 0 aliphatic heterocycles. The van der Waals surface area contributed by atoms with Gasteiger partial charge in [-0.3, -0.25) is 13.7 Å². The Balaban J connectivity index is 1.56.